The standard InChI is InChI=1S/C13H23N3/c1-9-4-6-11(7-5-9)13(14)12-8-16(3)15-10(12)2/h8-9,11,13H,4-7,14H2,1-3H3. The van der Waals surface area contributed by atoms with Crippen molar-refractivity contribution in [3.05, 3.63) is 17.5 Å². The molecule has 1 aromatic rings. The molecule has 1 fully saturated rings. The fraction of sp³-hybridized carbons (Fsp3) is 0.769. The van der Waals surface area contributed by atoms with Gasteiger partial charge in [-0.05, 0) is 31.6 Å². The zero-order valence-electron chi connectivity index (χ0n) is 10.6. The van der Waals surface area contributed by atoms with Gasteiger partial charge in [-0.3, -0.25) is 4.68 Å². The van der Waals surface area contributed by atoms with Crippen LogP contribution < -0.4 is 5.73 Å². The molecule has 2 rings (SSSR count). The fourth-order valence-electron chi connectivity index (χ4n) is 2.84. The normalized spacial score (nSPS) is 28.0. The summed E-state index contributed by atoms with van der Waals surface area (Å²) in [5.41, 5.74) is 8.71. The molecular formula is C13H23N3. The lowest BCUT2D eigenvalue weighted by atomic mass is 9.78. The quantitative estimate of drug-likeness (QED) is 0.834. The highest BCUT2D eigenvalue weighted by atomic mass is 15.2. The summed E-state index contributed by atoms with van der Waals surface area (Å²) in [6.07, 6.45) is 7.29. The van der Waals surface area contributed by atoms with Gasteiger partial charge in [0, 0.05) is 24.8 Å². The summed E-state index contributed by atoms with van der Waals surface area (Å²) in [7, 11) is 1.96. The van der Waals surface area contributed by atoms with E-state index in [2.05, 4.69) is 25.1 Å². The van der Waals surface area contributed by atoms with Crippen molar-refractivity contribution in [3.63, 3.8) is 0 Å². The molecule has 90 valence electrons. The summed E-state index contributed by atoms with van der Waals surface area (Å²) in [4.78, 5) is 0. The third-order valence-corrected chi connectivity index (χ3v) is 3.98. The van der Waals surface area contributed by atoms with Gasteiger partial charge in [-0.2, -0.15) is 5.10 Å². The summed E-state index contributed by atoms with van der Waals surface area (Å²) in [5, 5.41) is 4.38. The number of nitrogens with zero attached hydrogens (tertiary/aromatic N) is 2. The third kappa shape index (κ3) is 2.29. The van der Waals surface area contributed by atoms with Gasteiger partial charge >= 0.3 is 0 Å². The Labute approximate surface area is 98.0 Å². The van der Waals surface area contributed by atoms with Gasteiger partial charge in [-0.1, -0.05) is 19.8 Å². The Balaban J connectivity index is 2.07. The minimum absolute atomic E-state index is 0.182. The smallest absolute Gasteiger partial charge is 0.0641 e. The maximum Gasteiger partial charge on any atom is 0.0641 e. The molecule has 16 heavy (non-hydrogen) atoms. The second-order valence-electron chi connectivity index (χ2n) is 5.39. The Morgan fingerprint density at radius 3 is 2.50 bits per heavy atom. The molecule has 1 heterocycles. The van der Waals surface area contributed by atoms with Crippen molar-refractivity contribution in [1.82, 2.24) is 9.78 Å². The van der Waals surface area contributed by atoms with Crippen LogP contribution in [-0.4, -0.2) is 9.78 Å². The van der Waals surface area contributed by atoms with Crippen molar-refractivity contribution >= 4 is 0 Å². The highest BCUT2D eigenvalue weighted by molar-refractivity contribution is 5.20. The number of aryl methyl sites for hydroxylation is 2. The van der Waals surface area contributed by atoms with Crippen molar-refractivity contribution < 1.29 is 0 Å². The van der Waals surface area contributed by atoms with Gasteiger partial charge in [-0.15, -0.1) is 0 Å². The third-order valence-electron chi connectivity index (χ3n) is 3.98. The molecule has 3 heteroatoms. The largest absolute Gasteiger partial charge is 0.324 e. The van der Waals surface area contributed by atoms with Gasteiger partial charge in [0.15, 0.2) is 0 Å². The molecule has 0 radical (unpaired) electrons. The van der Waals surface area contributed by atoms with Crippen molar-refractivity contribution in [2.45, 2.75) is 45.6 Å². The van der Waals surface area contributed by atoms with Crippen LogP contribution >= 0.6 is 0 Å². The van der Waals surface area contributed by atoms with E-state index in [1.165, 1.54) is 31.2 Å². The predicted molar refractivity (Wildman–Crippen MR) is 66.0 cm³/mol. The summed E-state index contributed by atoms with van der Waals surface area (Å²) >= 11 is 0. The molecule has 0 spiro atoms. The topological polar surface area (TPSA) is 43.8 Å². The molecule has 1 aliphatic rings. The van der Waals surface area contributed by atoms with E-state index >= 15 is 0 Å². The molecule has 1 atom stereocenters. The van der Waals surface area contributed by atoms with Crippen LogP contribution in [0.5, 0.6) is 0 Å². The molecule has 0 bridgehead atoms. The first-order valence-electron chi connectivity index (χ1n) is 6.33. The van der Waals surface area contributed by atoms with Crippen LogP contribution in [-0.2, 0) is 7.05 Å². The Kier molecular flexibility index (Phi) is 3.33. The zero-order valence-corrected chi connectivity index (χ0v) is 10.6. The minimum Gasteiger partial charge on any atom is -0.324 e. The lowest BCUT2D eigenvalue weighted by Gasteiger charge is -2.30. The molecule has 0 saturated heterocycles. The monoisotopic (exact) mass is 221 g/mol. The Hall–Kier alpha value is -0.830. The molecule has 1 saturated carbocycles. The van der Waals surface area contributed by atoms with E-state index in [9.17, 15) is 0 Å². The maximum absolute atomic E-state index is 6.38. The van der Waals surface area contributed by atoms with Gasteiger partial charge in [0.25, 0.3) is 0 Å². The molecule has 0 aromatic carbocycles. The fourth-order valence-corrected chi connectivity index (χ4v) is 2.84. The van der Waals surface area contributed by atoms with E-state index in [4.69, 9.17) is 5.73 Å². The molecule has 1 aliphatic carbocycles. The first kappa shape index (κ1) is 11.6. The zero-order chi connectivity index (χ0) is 11.7. The number of aromatic nitrogens is 2. The van der Waals surface area contributed by atoms with Crippen LogP contribution in [0.25, 0.3) is 0 Å². The predicted octanol–water partition coefficient (Wildman–Crippen LogP) is 2.55. The van der Waals surface area contributed by atoms with Gasteiger partial charge in [0.05, 0.1) is 5.69 Å². The lowest BCUT2D eigenvalue weighted by molar-refractivity contribution is 0.255. The lowest BCUT2D eigenvalue weighted by Crippen LogP contribution is -2.25. The summed E-state index contributed by atoms with van der Waals surface area (Å²) in [6.45, 7) is 4.40. The molecule has 1 aromatic heterocycles. The second-order valence-corrected chi connectivity index (χ2v) is 5.39. The van der Waals surface area contributed by atoms with E-state index < -0.39 is 0 Å². The van der Waals surface area contributed by atoms with Crippen LogP contribution in [0.4, 0.5) is 0 Å². The van der Waals surface area contributed by atoms with Crippen LogP contribution in [0.2, 0.25) is 0 Å². The highest BCUT2D eigenvalue weighted by Crippen LogP contribution is 2.35. The van der Waals surface area contributed by atoms with E-state index in [-0.39, 0.29) is 6.04 Å². The molecule has 3 nitrogen and oxygen atoms in total. The van der Waals surface area contributed by atoms with Crippen molar-refractivity contribution in [2.24, 2.45) is 24.6 Å². The highest BCUT2D eigenvalue weighted by Gasteiger charge is 2.26. The van der Waals surface area contributed by atoms with Crippen LogP contribution in [0.1, 0.15) is 49.9 Å². The number of hydrogen-bond acceptors (Lipinski definition) is 2. The van der Waals surface area contributed by atoms with E-state index in [0.717, 1.165) is 11.6 Å². The molecule has 0 aliphatic heterocycles. The first-order valence-corrected chi connectivity index (χ1v) is 6.33. The van der Waals surface area contributed by atoms with Crippen molar-refractivity contribution in [1.29, 1.82) is 0 Å². The maximum atomic E-state index is 6.38. The summed E-state index contributed by atoms with van der Waals surface area (Å²) < 4.78 is 1.87. The molecule has 2 N–H and O–H groups in total. The van der Waals surface area contributed by atoms with E-state index in [1.54, 1.807) is 0 Å². The average Bonchev–Trinajstić information content (AvgIpc) is 2.58. The number of rotatable bonds is 2. The minimum atomic E-state index is 0.182. The van der Waals surface area contributed by atoms with Crippen LogP contribution in [0, 0.1) is 18.8 Å². The Morgan fingerprint density at radius 1 is 1.38 bits per heavy atom. The van der Waals surface area contributed by atoms with Crippen molar-refractivity contribution in [2.75, 3.05) is 0 Å². The van der Waals surface area contributed by atoms with E-state index in [0.29, 0.717) is 5.92 Å². The average molecular weight is 221 g/mol. The van der Waals surface area contributed by atoms with Gasteiger partial charge in [0.2, 0.25) is 0 Å². The first-order chi connectivity index (χ1) is 7.58. The molecule has 0 amide bonds. The van der Waals surface area contributed by atoms with Gasteiger partial charge in [-0.25, -0.2) is 0 Å². The van der Waals surface area contributed by atoms with Gasteiger partial charge in [0.1, 0.15) is 0 Å². The second kappa shape index (κ2) is 4.58. The SMILES string of the molecule is Cc1nn(C)cc1C(N)C1CCC(C)CC1. The van der Waals surface area contributed by atoms with Gasteiger partial charge < -0.3 is 5.73 Å². The summed E-state index contributed by atoms with van der Waals surface area (Å²) in [5.74, 6) is 1.54. The van der Waals surface area contributed by atoms with E-state index in [1.807, 2.05) is 11.7 Å². The Bertz CT molecular complexity index is 348. The van der Waals surface area contributed by atoms with Crippen LogP contribution in [0.15, 0.2) is 6.20 Å². The number of hydrogen-bond donors (Lipinski definition) is 1. The summed E-state index contributed by atoms with van der Waals surface area (Å²) in [6, 6.07) is 0.182. The Morgan fingerprint density at radius 2 is 2.00 bits per heavy atom. The van der Waals surface area contributed by atoms with Crippen LogP contribution in [0.3, 0.4) is 0 Å². The number of nitrogens with two attached hydrogens (primary N) is 1. The molecule has 1 unspecified atom stereocenters. The van der Waals surface area contributed by atoms with Crippen molar-refractivity contribution in [3.8, 4) is 0 Å². The molecular weight excluding hydrogens is 198 g/mol.